The molecule has 0 spiro atoms. The minimum atomic E-state index is -0.935. The molecule has 2 aromatic rings. The molecule has 2 rings (SSSR count). The summed E-state index contributed by atoms with van der Waals surface area (Å²) in [7, 11) is 1.24. The zero-order valence-electron chi connectivity index (χ0n) is 11.2. The fraction of sp³-hybridized carbons (Fsp3) is 0.133. The van der Waals surface area contributed by atoms with E-state index in [1.54, 1.807) is 30.3 Å². The van der Waals surface area contributed by atoms with Crippen LogP contribution in [0.25, 0.3) is 0 Å². The fourth-order valence-corrected chi connectivity index (χ4v) is 1.74. The number of carbonyl (C=O) groups excluding carboxylic acids is 2. The molecule has 21 heavy (non-hydrogen) atoms. The first-order valence-corrected chi connectivity index (χ1v) is 6.14. The Hall–Kier alpha value is -2.89. The number of methoxy groups -OCH3 is 1. The summed E-state index contributed by atoms with van der Waals surface area (Å²) >= 11 is 0. The van der Waals surface area contributed by atoms with Gasteiger partial charge in [0.05, 0.1) is 12.7 Å². The molecule has 0 aliphatic rings. The first kappa shape index (κ1) is 14.5. The zero-order chi connectivity index (χ0) is 15.2. The van der Waals surface area contributed by atoms with Crippen LogP contribution in [0.3, 0.4) is 0 Å². The van der Waals surface area contributed by atoms with Gasteiger partial charge in [0.15, 0.2) is 6.04 Å². The first-order valence-electron chi connectivity index (χ1n) is 6.14. The number of esters is 1. The molecule has 0 radical (unpaired) electrons. The summed E-state index contributed by atoms with van der Waals surface area (Å²) in [5.74, 6) is -1.13. The van der Waals surface area contributed by atoms with Crippen LogP contribution < -0.4 is 10.9 Å². The number of carbonyl (C=O) groups is 2. The number of ether oxygens (including phenoxy) is 1. The van der Waals surface area contributed by atoms with Crippen molar-refractivity contribution in [1.82, 2.24) is 5.32 Å². The molecule has 0 saturated heterocycles. The van der Waals surface area contributed by atoms with Crippen LogP contribution in [0.4, 0.5) is 0 Å². The van der Waals surface area contributed by atoms with Gasteiger partial charge in [-0.15, -0.1) is 0 Å². The van der Waals surface area contributed by atoms with Gasteiger partial charge in [0.2, 0.25) is 0 Å². The Morgan fingerprint density at radius 3 is 2.43 bits per heavy atom. The summed E-state index contributed by atoms with van der Waals surface area (Å²) in [5, 5.41) is 2.54. The highest BCUT2D eigenvalue weighted by Gasteiger charge is 2.24. The molecule has 108 valence electrons. The number of nitrogens with one attached hydrogen (secondary N) is 1. The number of benzene rings is 1. The quantitative estimate of drug-likeness (QED) is 0.856. The average molecular weight is 287 g/mol. The van der Waals surface area contributed by atoms with Gasteiger partial charge in [0.1, 0.15) is 6.26 Å². The molecular weight excluding hydrogens is 274 g/mol. The van der Waals surface area contributed by atoms with Crippen LogP contribution in [0.1, 0.15) is 22.0 Å². The topological polar surface area (TPSA) is 85.6 Å². The van der Waals surface area contributed by atoms with Crippen molar-refractivity contribution >= 4 is 11.9 Å². The lowest BCUT2D eigenvalue weighted by Gasteiger charge is -2.16. The first-order chi connectivity index (χ1) is 10.1. The van der Waals surface area contributed by atoms with Crippen LogP contribution in [-0.2, 0) is 9.53 Å². The van der Waals surface area contributed by atoms with E-state index in [4.69, 9.17) is 4.74 Å². The van der Waals surface area contributed by atoms with Gasteiger partial charge >= 0.3 is 11.6 Å². The van der Waals surface area contributed by atoms with Crippen molar-refractivity contribution in [1.29, 1.82) is 0 Å². The van der Waals surface area contributed by atoms with Crippen molar-refractivity contribution < 1.29 is 18.7 Å². The van der Waals surface area contributed by atoms with E-state index in [9.17, 15) is 14.4 Å². The normalized spacial score (nSPS) is 11.5. The third-order valence-corrected chi connectivity index (χ3v) is 2.81. The Labute approximate surface area is 120 Å². The zero-order valence-corrected chi connectivity index (χ0v) is 11.2. The molecule has 6 nitrogen and oxygen atoms in total. The third kappa shape index (κ3) is 3.56. The van der Waals surface area contributed by atoms with E-state index >= 15 is 0 Å². The molecule has 1 aromatic carbocycles. The van der Waals surface area contributed by atoms with Crippen LogP contribution >= 0.6 is 0 Å². The predicted octanol–water partition coefficient (Wildman–Crippen LogP) is 1.28. The molecule has 1 amide bonds. The molecule has 1 heterocycles. The van der Waals surface area contributed by atoms with Gasteiger partial charge < -0.3 is 14.5 Å². The molecule has 1 N–H and O–H groups in total. The Morgan fingerprint density at radius 1 is 1.14 bits per heavy atom. The predicted molar refractivity (Wildman–Crippen MR) is 73.6 cm³/mol. The summed E-state index contributed by atoms with van der Waals surface area (Å²) in [4.78, 5) is 34.8. The fourth-order valence-electron chi connectivity index (χ4n) is 1.74. The number of amides is 1. The monoisotopic (exact) mass is 287 g/mol. The van der Waals surface area contributed by atoms with Crippen molar-refractivity contribution in [3.63, 3.8) is 0 Å². The van der Waals surface area contributed by atoms with E-state index in [0.717, 1.165) is 12.3 Å². The Kier molecular flexibility index (Phi) is 4.50. The molecule has 0 fully saturated rings. The lowest BCUT2D eigenvalue weighted by molar-refractivity contribution is -0.143. The van der Waals surface area contributed by atoms with E-state index < -0.39 is 23.5 Å². The van der Waals surface area contributed by atoms with Crippen LogP contribution in [-0.4, -0.2) is 19.0 Å². The summed E-state index contributed by atoms with van der Waals surface area (Å²) in [6.07, 6.45) is 1.04. The largest absolute Gasteiger partial charge is 0.467 e. The van der Waals surface area contributed by atoms with E-state index in [1.807, 2.05) is 0 Å². The molecule has 0 saturated carbocycles. The van der Waals surface area contributed by atoms with Crippen molar-refractivity contribution in [3.8, 4) is 0 Å². The molecule has 1 aromatic heterocycles. The smallest absolute Gasteiger partial charge is 0.335 e. The van der Waals surface area contributed by atoms with Gasteiger partial charge in [0.25, 0.3) is 5.91 Å². The second-order valence-corrected chi connectivity index (χ2v) is 4.18. The Bertz CT molecular complexity index is 672. The van der Waals surface area contributed by atoms with Crippen molar-refractivity contribution in [2.24, 2.45) is 0 Å². The van der Waals surface area contributed by atoms with E-state index in [2.05, 4.69) is 9.73 Å². The van der Waals surface area contributed by atoms with Gasteiger partial charge in [-0.1, -0.05) is 30.3 Å². The SMILES string of the molecule is COC(=O)C(NC(=O)c1ccc(=O)oc1)c1ccccc1. The van der Waals surface area contributed by atoms with Crippen LogP contribution in [0, 0.1) is 0 Å². The van der Waals surface area contributed by atoms with Crippen molar-refractivity contribution in [2.45, 2.75) is 6.04 Å². The van der Waals surface area contributed by atoms with Gasteiger partial charge in [0, 0.05) is 6.07 Å². The van der Waals surface area contributed by atoms with Gasteiger partial charge in [-0.2, -0.15) is 0 Å². The number of hydrogen-bond donors (Lipinski definition) is 1. The molecule has 0 aliphatic carbocycles. The molecule has 1 atom stereocenters. The number of rotatable bonds is 4. The van der Waals surface area contributed by atoms with Crippen LogP contribution in [0.5, 0.6) is 0 Å². The Morgan fingerprint density at radius 2 is 1.86 bits per heavy atom. The Balaban J connectivity index is 2.23. The van der Waals surface area contributed by atoms with E-state index in [0.29, 0.717) is 5.56 Å². The lowest BCUT2D eigenvalue weighted by atomic mass is 10.1. The summed E-state index contributed by atoms with van der Waals surface area (Å²) in [6, 6.07) is 10.2. The van der Waals surface area contributed by atoms with Gasteiger partial charge in [-0.25, -0.2) is 9.59 Å². The second kappa shape index (κ2) is 6.51. The highest BCUT2D eigenvalue weighted by atomic mass is 16.5. The maximum atomic E-state index is 12.1. The minimum Gasteiger partial charge on any atom is -0.467 e. The lowest BCUT2D eigenvalue weighted by Crippen LogP contribution is -2.34. The maximum Gasteiger partial charge on any atom is 0.335 e. The second-order valence-electron chi connectivity index (χ2n) is 4.18. The molecule has 0 bridgehead atoms. The van der Waals surface area contributed by atoms with Crippen molar-refractivity contribution in [3.05, 3.63) is 70.3 Å². The summed E-state index contributed by atoms with van der Waals surface area (Å²) < 4.78 is 9.32. The van der Waals surface area contributed by atoms with Gasteiger partial charge in [-0.3, -0.25) is 4.79 Å². The average Bonchev–Trinajstić information content (AvgIpc) is 2.53. The molecule has 0 aliphatic heterocycles. The summed E-state index contributed by atoms with van der Waals surface area (Å²) in [5.41, 5.74) is 0.175. The molecule has 1 unspecified atom stereocenters. The van der Waals surface area contributed by atoms with Crippen LogP contribution in [0.2, 0.25) is 0 Å². The van der Waals surface area contributed by atoms with Crippen LogP contribution in [0.15, 0.2) is 57.9 Å². The highest BCUT2D eigenvalue weighted by molar-refractivity contribution is 5.96. The molecule has 6 heteroatoms. The summed E-state index contributed by atoms with van der Waals surface area (Å²) in [6.45, 7) is 0. The minimum absolute atomic E-state index is 0.138. The molecular formula is C15H13NO5. The highest BCUT2D eigenvalue weighted by Crippen LogP contribution is 2.15. The van der Waals surface area contributed by atoms with E-state index in [1.165, 1.54) is 13.2 Å². The van der Waals surface area contributed by atoms with Crippen molar-refractivity contribution in [2.75, 3.05) is 7.11 Å². The maximum absolute atomic E-state index is 12.1. The van der Waals surface area contributed by atoms with E-state index in [-0.39, 0.29) is 5.56 Å². The van der Waals surface area contributed by atoms with Gasteiger partial charge in [-0.05, 0) is 11.6 Å². The number of hydrogen-bond acceptors (Lipinski definition) is 5. The third-order valence-electron chi connectivity index (χ3n) is 2.81. The standard InChI is InChI=1S/C15H13NO5/c1-20-15(19)13(10-5-3-2-4-6-10)16-14(18)11-7-8-12(17)21-9-11/h2-9,13H,1H3,(H,16,18).